The summed E-state index contributed by atoms with van der Waals surface area (Å²) in [5, 5.41) is 3.35. The quantitative estimate of drug-likeness (QED) is 0.886. The molecule has 0 fully saturated rings. The molecular formula is C12H16BrNO. The van der Waals surface area contributed by atoms with Gasteiger partial charge in [-0.2, -0.15) is 0 Å². The molecule has 0 unspecified atom stereocenters. The summed E-state index contributed by atoms with van der Waals surface area (Å²) in [4.78, 5) is 0. The molecule has 82 valence electrons. The third-order valence-corrected chi connectivity index (χ3v) is 2.47. The largest absolute Gasteiger partial charge is 0.497 e. The molecular weight excluding hydrogens is 254 g/mol. The number of halogens is 1. The van der Waals surface area contributed by atoms with E-state index in [0.29, 0.717) is 0 Å². The maximum absolute atomic E-state index is 5.18. The second-order valence-electron chi connectivity index (χ2n) is 3.40. The van der Waals surface area contributed by atoms with E-state index in [1.54, 1.807) is 7.11 Å². The van der Waals surface area contributed by atoms with Gasteiger partial charge in [0.25, 0.3) is 0 Å². The number of benzene rings is 1. The highest BCUT2D eigenvalue weighted by atomic mass is 79.9. The van der Waals surface area contributed by atoms with E-state index in [1.807, 2.05) is 18.2 Å². The number of ether oxygens (including phenoxy) is 1. The first-order chi connectivity index (χ1) is 7.13. The van der Waals surface area contributed by atoms with Crippen LogP contribution in [0.25, 0.3) is 0 Å². The van der Waals surface area contributed by atoms with Crippen LogP contribution < -0.4 is 10.1 Å². The average molecular weight is 270 g/mol. The summed E-state index contributed by atoms with van der Waals surface area (Å²) >= 11 is 3.32. The molecule has 0 aliphatic carbocycles. The topological polar surface area (TPSA) is 21.3 Å². The van der Waals surface area contributed by atoms with Crippen molar-refractivity contribution in [1.82, 2.24) is 5.32 Å². The Morgan fingerprint density at radius 2 is 2.33 bits per heavy atom. The van der Waals surface area contributed by atoms with Gasteiger partial charge in [-0.3, -0.25) is 0 Å². The van der Waals surface area contributed by atoms with Crippen LogP contribution in [0, 0.1) is 0 Å². The molecule has 0 spiro atoms. The summed E-state index contributed by atoms with van der Waals surface area (Å²) in [6, 6.07) is 8.34. The lowest BCUT2D eigenvalue weighted by atomic mass is 10.1. The Hall–Kier alpha value is -0.800. The van der Waals surface area contributed by atoms with Gasteiger partial charge in [-0.25, -0.2) is 0 Å². The van der Waals surface area contributed by atoms with Crippen molar-refractivity contribution < 1.29 is 4.74 Å². The molecule has 0 saturated heterocycles. The fourth-order valence-electron chi connectivity index (χ4n) is 1.29. The van der Waals surface area contributed by atoms with Gasteiger partial charge in [0.05, 0.1) is 7.11 Å². The van der Waals surface area contributed by atoms with Crippen molar-refractivity contribution in [2.24, 2.45) is 0 Å². The monoisotopic (exact) mass is 269 g/mol. The van der Waals surface area contributed by atoms with Crippen LogP contribution in [-0.4, -0.2) is 13.7 Å². The van der Waals surface area contributed by atoms with Crippen molar-refractivity contribution in [3.63, 3.8) is 0 Å². The summed E-state index contributed by atoms with van der Waals surface area (Å²) in [5.41, 5.74) is 1.21. The zero-order valence-electron chi connectivity index (χ0n) is 9.09. The summed E-state index contributed by atoms with van der Waals surface area (Å²) in [5.74, 6) is 0.888. The molecule has 1 aromatic rings. The SMILES string of the molecule is C=C(Br)CN[C@H](C)c1cccc(OC)c1. The van der Waals surface area contributed by atoms with E-state index >= 15 is 0 Å². The molecule has 1 aromatic carbocycles. The van der Waals surface area contributed by atoms with Gasteiger partial charge in [0.15, 0.2) is 0 Å². The van der Waals surface area contributed by atoms with Gasteiger partial charge in [-0.1, -0.05) is 34.6 Å². The molecule has 0 aliphatic heterocycles. The third-order valence-electron chi connectivity index (χ3n) is 2.19. The van der Waals surface area contributed by atoms with Crippen molar-refractivity contribution in [3.05, 3.63) is 40.9 Å². The van der Waals surface area contributed by atoms with Gasteiger partial charge in [0.2, 0.25) is 0 Å². The van der Waals surface area contributed by atoms with E-state index < -0.39 is 0 Å². The van der Waals surface area contributed by atoms with Crippen molar-refractivity contribution in [3.8, 4) is 5.75 Å². The van der Waals surface area contributed by atoms with Crippen LogP contribution in [0.15, 0.2) is 35.3 Å². The maximum atomic E-state index is 5.18. The second-order valence-corrected chi connectivity index (χ2v) is 4.52. The smallest absolute Gasteiger partial charge is 0.119 e. The fourth-order valence-corrected chi connectivity index (χ4v) is 1.45. The molecule has 0 heterocycles. The van der Waals surface area contributed by atoms with E-state index in [9.17, 15) is 0 Å². The van der Waals surface area contributed by atoms with Crippen LogP contribution >= 0.6 is 15.9 Å². The minimum atomic E-state index is 0.286. The highest BCUT2D eigenvalue weighted by molar-refractivity contribution is 9.11. The van der Waals surface area contributed by atoms with Crippen LogP contribution in [0.2, 0.25) is 0 Å². The molecule has 0 amide bonds. The Morgan fingerprint density at radius 3 is 2.93 bits per heavy atom. The summed E-state index contributed by atoms with van der Waals surface area (Å²) in [6.45, 7) is 6.66. The predicted octanol–water partition coefficient (Wildman–Crippen LogP) is 3.25. The van der Waals surface area contributed by atoms with Crippen molar-refractivity contribution in [2.75, 3.05) is 13.7 Å². The van der Waals surface area contributed by atoms with Crippen LogP contribution in [0.5, 0.6) is 5.75 Å². The van der Waals surface area contributed by atoms with E-state index in [4.69, 9.17) is 4.74 Å². The molecule has 0 aliphatic rings. The Bertz CT molecular complexity index is 338. The first-order valence-electron chi connectivity index (χ1n) is 4.84. The molecule has 15 heavy (non-hydrogen) atoms. The minimum Gasteiger partial charge on any atom is -0.497 e. The lowest BCUT2D eigenvalue weighted by Crippen LogP contribution is -2.19. The molecule has 0 bridgehead atoms. The maximum Gasteiger partial charge on any atom is 0.119 e. The summed E-state index contributed by atoms with van der Waals surface area (Å²) in [6.07, 6.45) is 0. The predicted molar refractivity (Wildman–Crippen MR) is 67.5 cm³/mol. The van der Waals surface area contributed by atoms with Gasteiger partial charge >= 0.3 is 0 Å². The highest BCUT2D eigenvalue weighted by Gasteiger charge is 2.05. The van der Waals surface area contributed by atoms with Crippen LogP contribution in [0.4, 0.5) is 0 Å². The first kappa shape index (κ1) is 12.3. The van der Waals surface area contributed by atoms with Crippen molar-refractivity contribution >= 4 is 15.9 Å². The number of hydrogen-bond donors (Lipinski definition) is 1. The number of rotatable bonds is 5. The normalized spacial score (nSPS) is 12.2. The Kier molecular flexibility index (Phi) is 4.85. The first-order valence-corrected chi connectivity index (χ1v) is 5.63. The fraction of sp³-hybridized carbons (Fsp3) is 0.333. The highest BCUT2D eigenvalue weighted by Crippen LogP contribution is 2.18. The number of nitrogens with one attached hydrogen (secondary N) is 1. The van der Waals surface area contributed by atoms with Crippen molar-refractivity contribution in [1.29, 1.82) is 0 Å². The molecule has 0 aromatic heterocycles. The lowest BCUT2D eigenvalue weighted by Gasteiger charge is -2.14. The van der Waals surface area contributed by atoms with Crippen LogP contribution in [-0.2, 0) is 0 Å². The molecule has 2 nitrogen and oxygen atoms in total. The van der Waals surface area contributed by atoms with Gasteiger partial charge < -0.3 is 10.1 Å². The Balaban J connectivity index is 2.64. The van der Waals surface area contributed by atoms with E-state index in [-0.39, 0.29) is 6.04 Å². The third kappa shape index (κ3) is 4.06. The van der Waals surface area contributed by atoms with E-state index in [0.717, 1.165) is 16.8 Å². The Morgan fingerprint density at radius 1 is 1.60 bits per heavy atom. The van der Waals surface area contributed by atoms with Crippen LogP contribution in [0.3, 0.4) is 0 Å². The number of methoxy groups -OCH3 is 1. The number of hydrogen-bond acceptors (Lipinski definition) is 2. The van der Waals surface area contributed by atoms with Gasteiger partial charge in [-0.15, -0.1) is 0 Å². The molecule has 3 heteroatoms. The minimum absolute atomic E-state index is 0.286. The van der Waals surface area contributed by atoms with Crippen LogP contribution in [0.1, 0.15) is 18.5 Å². The summed E-state index contributed by atoms with van der Waals surface area (Å²) < 4.78 is 6.13. The zero-order chi connectivity index (χ0) is 11.3. The molecule has 1 atom stereocenters. The second kappa shape index (κ2) is 5.93. The van der Waals surface area contributed by atoms with E-state index in [2.05, 4.69) is 40.8 Å². The Labute approximate surface area is 99.5 Å². The average Bonchev–Trinajstić information content (AvgIpc) is 2.26. The van der Waals surface area contributed by atoms with E-state index in [1.165, 1.54) is 5.56 Å². The summed E-state index contributed by atoms with van der Waals surface area (Å²) in [7, 11) is 1.68. The molecule has 1 N–H and O–H groups in total. The molecule has 0 radical (unpaired) electrons. The van der Waals surface area contributed by atoms with Gasteiger partial charge in [0.1, 0.15) is 5.75 Å². The van der Waals surface area contributed by atoms with Gasteiger partial charge in [-0.05, 0) is 24.6 Å². The molecule has 0 saturated carbocycles. The lowest BCUT2D eigenvalue weighted by molar-refractivity contribution is 0.413. The standard InChI is InChI=1S/C12H16BrNO/c1-9(13)8-14-10(2)11-5-4-6-12(7-11)15-3/h4-7,10,14H,1,8H2,2-3H3/t10-/m1/s1. The van der Waals surface area contributed by atoms with Gasteiger partial charge in [0, 0.05) is 17.1 Å². The van der Waals surface area contributed by atoms with Crippen molar-refractivity contribution in [2.45, 2.75) is 13.0 Å². The zero-order valence-corrected chi connectivity index (χ0v) is 10.7. The molecule has 1 rings (SSSR count).